The summed E-state index contributed by atoms with van der Waals surface area (Å²) in [7, 11) is 0. The van der Waals surface area contributed by atoms with Crippen LogP contribution in [-0.2, 0) is 9.59 Å². The molecule has 3 rings (SSSR count). The van der Waals surface area contributed by atoms with E-state index >= 15 is 0 Å². The molecule has 1 unspecified atom stereocenters. The maximum absolute atomic E-state index is 11.2. The second kappa shape index (κ2) is 4.81. The number of carbonyl (C=O) groups is 2. The number of carbonyl (C=O) groups excluding carboxylic acids is 1. The van der Waals surface area contributed by atoms with Crippen molar-refractivity contribution >= 4 is 34.2 Å². The number of para-hydroxylation sites is 1. The highest BCUT2D eigenvalue weighted by Gasteiger charge is 2.20. The molecular formula is C16H12O4. The van der Waals surface area contributed by atoms with E-state index in [2.05, 4.69) is 0 Å². The second-order valence-electron chi connectivity index (χ2n) is 4.65. The molecule has 0 bridgehead atoms. The van der Waals surface area contributed by atoms with Crippen molar-refractivity contribution in [2.75, 3.05) is 0 Å². The van der Waals surface area contributed by atoms with Gasteiger partial charge in [0.2, 0.25) is 0 Å². The molecule has 0 saturated carbocycles. The molecule has 0 saturated heterocycles. The van der Waals surface area contributed by atoms with Gasteiger partial charge in [0.15, 0.2) is 0 Å². The van der Waals surface area contributed by atoms with Gasteiger partial charge in [0, 0.05) is 17.2 Å². The van der Waals surface area contributed by atoms with E-state index in [0.717, 1.165) is 16.4 Å². The van der Waals surface area contributed by atoms with Crippen LogP contribution in [0, 0.1) is 0 Å². The van der Waals surface area contributed by atoms with Gasteiger partial charge in [-0.05, 0) is 23.8 Å². The van der Waals surface area contributed by atoms with E-state index < -0.39 is 11.9 Å². The number of aldehydes is 1. The van der Waals surface area contributed by atoms with Crippen molar-refractivity contribution in [3.8, 4) is 0 Å². The Kier molecular flexibility index (Phi) is 2.99. The average Bonchev–Trinajstić information content (AvgIpc) is 2.82. The Morgan fingerprint density at radius 2 is 1.90 bits per heavy atom. The topological polar surface area (TPSA) is 67.5 Å². The lowest BCUT2D eigenvalue weighted by atomic mass is 9.95. The van der Waals surface area contributed by atoms with Crippen molar-refractivity contribution in [2.24, 2.45) is 0 Å². The maximum Gasteiger partial charge on any atom is 0.311 e. The van der Waals surface area contributed by atoms with Crippen LogP contribution in [0.4, 0.5) is 0 Å². The lowest BCUT2D eigenvalue weighted by molar-refractivity contribution is -0.139. The SMILES string of the molecule is O=CCC(C(=O)O)c1ccc2oc3ccccc3c2c1. The zero-order chi connectivity index (χ0) is 14.1. The van der Waals surface area contributed by atoms with Gasteiger partial charge in [-0.25, -0.2) is 0 Å². The number of benzene rings is 2. The van der Waals surface area contributed by atoms with Gasteiger partial charge in [-0.2, -0.15) is 0 Å². The van der Waals surface area contributed by atoms with Crippen molar-refractivity contribution in [3.63, 3.8) is 0 Å². The average molecular weight is 268 g/mol. The van der Waals surface area contributed by atoms with Crippen LogP contribution in [0.2, 0.25) is 0 Å². The summed E-state index contributed by atoms with van der Waals surface area (Å²) in [6.07, 6.45) is 0.604. The molecule has 0 aliphatic heterocycles. The van der Waals surface area contributed by atoms with Crippen molar-refractivity contribution in [1.82, 2.24) is 0 Å². The number of furan rings is 1. The molecule has 4 heteroatoms. The Labute approximate surface area is 114 Å². The van der Waals surface area contributed by atoms with Gasteiger partial charge in [-0.15, -0.1) is 0 Å². The molecular weight excluding hydrogens is 256 g/mol. The van der Waals surface area contributed by atoms with Crippen LogP contribution in [0.5, 0.6) is 0 Å². The van der Waals surface area contributed by atoms with Crippen LogP contribution < -0.4 is 0 Å². The Morgan fingerprint density at radius 1 is 1.15 bits per heavy atom. The Hall–Kier alpha value is -2.62. The first-order valence-corrected chi connectivity index (χ1v) is 6.28. The van der Waals surface area contributed by atoms with Crippen LogP contribution >= 0.6 is 0 Å². The summed E-state index contributed by atoms with van der Waals surface area (Å²) in [4.78, 5) is 21.9. The maximum atomic E-state index is 11.2. The fraction of sp³-hybridized carbons (Fsp3) is 0.125. The predicted molar refractivity (Wildman–Crippen MR) is 74.8 cm³/mol. The zero-order valence-electron chi connectivity index (χ0n) is 10.6. The van der Waals surface area contributed by atoms with E-state index in [1.165, 1.54) is 0 Å². The summed E-state index contributed by atoms with van der Waals surface area (Å²) in [6, 6.07) is 12.8. The molecule has 2 aromatic carbocycles. The molecule has 0 aliphatic carbocycles. The molecule has 0 radical (unpaired) electrons. The molecule has 1 heterocycles. The number of carboxylic acid groups (broad SMARTS) is 1. The molecule has 1 N–H and O–H groups in total. The minimum absolute atomic E-state index is 0.0311. The number of rotatable bonds is 4. The molecule has 100 valence electrons. The Balaban J connectivity index is 2.20. The van der Waals surface area contributed by atoms with Gasteiger partial charge in [0.25, 0.3) is 0 Å². The lowest BCUT2D eigenvalue weighted by Gasteiger charge is -2.09. The molecule has 0 fully saturated rings. The second-order valence-corrected chi connectivity index (χ2v) is 4.65. The van der Waals surface area contributed by atoms with Gasteiger partial charge in [-0.1, -0.05) is 24.3 Å². The Morgan fingerprint density at radius 3 is 2.65 bits per heavy atom. The molecule has 0 amide bonds. The first kappa shape index (κ1) is 12.4. The van der Waals surface area contributed by atoms with Crippen LogP contribution in [-0.4, -0.2) is 17.4 Å². The molecule has 3 aromatic rings. The van der Waals surface area contributed by atoms with Gasteiger partial charge >= 0.3 is 5.97 Å². The number of aliphatic carboxylic acids is 1. The van der Waals surface area contributed by atoms with Crippen molar-refractivity contribution < 1.29 is 19.1 Å². The van der Waals surface area contributed by atoms with E-state index in [0.29, 0.717) is 17.4 Å². The third-order valence-electron chi connectivity index (χ3n) is 3.43. The fourth-order valence-electron chi connectivity index (χ4n) is 2.44. The van der Waals surface area contributed by atoms with Crippen molar-refractivity contribution in [3.05, 3.63) is 48.0 Å². The minimum Gasteiger partial charge on any atom is -0.481 e. The third kappa shape index (κ3) is 1.95. The summed E-state index contributed by atoms with van der Waals surface area (Å²) in [5.74, 6) is -1.81. The van der Waals surface area contributed by atoms with E-state index in [4.69, 9.17) is 4.42 Å². The van der Waals surface area contributed by atoms with Crippen molar-refractivity contribution in [2.45, 2.75) is 12.3 Å². The fourth-order valence-corrected chi connectivity index (χ4v) is 2.44. The first-order chi connectivity index (χ1) is 9.70. The van der Waals surface area contributed by atoms with Gasteiger partial charge in [0.1, 0.15) is 17.5 Å². The largest absolute Gasteiger partial charge is 0.481 e. The monoisotopic (exact) mass is 268 g/mol. The third-order valence-corrected chi connectivity index (χ3v) is 3.43. The number of hydrogen-bond donors (Lipinski definition) is 1. The van der Waals surface area contributed by atoms with Crippen LogP contribution in [0.25, 0.3) is 21.9 Å². The van der Waals surface area contributed by atoms with Gasteiger partial charge < -0.3 is 14.3 Å². The zero-order valence-corrected chi connectivity index (χ0v) is 10.6. The highest BCUT2D eigenvalue weighted by Crippen LogP contribution is 2.31. The molecule has 0 spiro atoms. The summed E-state index contributed by atoms with van der Waals surface area (Å²) < 4.78 is 5.69. The van der Waals surface area contributed by atoms with Crippen LogP contribution in [0.15, 0.2) is 46.9 Å². The molecule has 0 aliphatic rings. The van der Waals surface area contributed by atoms with E-state index in [9.17, 15) is 14.7 Å². The van der Waals surface area contributed by atoms with Gasteiger partial charge in [0.05, 0.1) is 5.92 Å². The summed E-state index contributed by atoms with van der Waals surface area (Å²) >= 11 is 0. The van der Waals surface area contributed by atoms with Crippen molar-refractivity contribution in [1.29, 1.82) is 0 Å². The summed E-state index contributed by atoms with van der Waals surface area (Å²) in [5, 5.41) is 11.0. The molecule has 4 nitrogen and oxygen atoms in total. The Bertz CT molecular complexity index is 800. The normalized spacial score (nSPS) is 12.6. The molecule has 1 atom stereocenters. The molecule has 1 aromatic heterocycles. The highest BCUT2D eigenvalue weighted by molar-refractivity contribution is 6.05. The smallest absolute Gasteiger partial charge is 0.311 e. The van der Waals surface area contributed by atoms with E-state index in [-0.39, 0.29) is 6.42 Å². The minimum atomic E-state index is -0.996. The standard InChI is InChI=1S/C16H12O4/c17-8-7-11(16(18)19)10-5-6-15-13(9-10)12-3-1-2-4-14(12)20-15/h1-6,8-9,11H,7H2,(H,18,19). The predicted octanol–water partition coefficient (Wildman–Crippen LogP) is 3.34. The van der Waals surface area contributed by atoms with Crippen LogP contribution in [0.3, 0.4) is 0 Å². The van der Waals surface area contributed by atoms with Gasteiger partial charge in [-0.3, -0.25) is 4.79 Å². The van der Waals surface area contributed by atoms with Crippen LogP contribution in [0.1, 0.15) is 17.9 Å². The summed E-state index contributed by atoms with van der Waals surface area (Å²) in [6.45, 7) is 0. The highest BCUT2D eigenvalue weighted by atomic mass is 16.4. The van der Waals surface area contributed by atoms with E-state index in [1.807, 2.05) is 24.3 Å². The molecule has 20 heavy (non-hydrogen) atoms. The number of fused-ring (bicyclic) bond motifs is 3. The number of hydrogen-bond acceptors (Lipinski definition) is 3. The first-order valence-electron chi connectivity index (χ1n) is 6.28. The van der Waals surface area contributed by atoms with E-state index in [1.54, 1.807) is 18.2 Å². The number of carboxylic acids is 1. The summed E-state index contributed by atoms with van der Waals surface area (Å²) in [5.41, 5.74) is 2.09. The lowest BCUT2D eigenvalue weighted by Crippen LogP contribution is -2.11. The quantitative estimate of drug-likeness (QED) is 0.737.